The van der Waals surface area contributed by atoms with Crippen LogP contribution in [-0.2, 0) is 11.4 Å². The van der Waals surface area contributed by atoms with Gasteiger partial charge in [0.15, 0.2) is 5.17 Å². The average Bonchev–Trinajstić information content (AvgIpc) is 3.13. The van der Waals surface area contributed by atoms with E-state index in [1.54, 1.807) is 35.2 Å². The summed E-state index contributed by atoms with van der Waals surface area (Å²) in [5.74, 6) is -0.555. The molecule has 35 heavy (non-hydrogen) atoms. The molecule has 1 fully saturated rings. The molecule has 1 saturated heterocycles. The molecule has 9 heteroatoms. The SMILES string of the molecule is CCN1C(=O)C(=Cc2ccccc2OCc2ccc(Cl)cc2Cl)SC1=Nc1ccc(C(=O)O)cc1. The van der Waals surface area contributed by atoms with Crippen LogP contribution < -0.4 is 4.74 Å². The Morgan fingerprint density at radius 2 is 1.86 bits per heavy atom. The van der Waals surface area contributed by atoms with E-state index in [0.717, 1.165) is 11.1 Å². The van der Waals surface area contributed by atoms with E-state index in [1.165, 1.54) is 23.9 Å². The lowest BCUT2D eigenvalue weighted by molar-refractivity contribution is -0.122. The van der Waals surface area contributed by atoms with E-state index in [1.807, 2.05) is 37.3 Å². The number of ether oxygens (including phenoxy) is 1. The number of amidine groups is 1. The Labute approximate surface area is 216 Å². The molecular formula is C26H20Cl2N2O4S. The van der Waals surface area contributed by atoms with Gasteiger partial charge in [-0.05, 0) is 67.2 Å². The van der Waals surface area contributed by atoms with Crippen molar-refractivity contribution in [2.75, 3.05) is 6.54 Å². The molecule has 0 bridgehead atoms. The zero-order valence-corrected chi connectivity index (χ0v) is 20.9. The fourth-order valence-electron chi connectivity index (χ4n) is 3.33. The molecule has 0 radical (unpaired) electrons. The first kappa shape index (κ1) is 24.9. The first-order chi connectivity index (χ1) is 16.9. The topological polar surface area (TPSA) is 79.2 Å². The minimum atomic E-state index is -1.01. The Kier molecular flexibility index (Phi) is 7.80. The summed E-state index contributed by atoms with van der Waals surface area (Å²) >= 11 is 13.5. The van der Waals surface area contributed by atoms with Gasteiger partial charge in [-0.15, -0.1) is 0 Å². The number of amides is 1. The molecule has 1 heterocycles. The van der Waals surface area contributed by atoms with Gasteiger partial charge in [0.25, 0.3) is 5.91 Å². The molecule has 1 amide bonds. The van der Waals surface area contributed by atoms with Crippen molar-refractivity contribution in [3.05, 3.63) is 98.4 Å². The zero-order chi connectivity index (χ0) is 24.9. The van der Waals surface area contributed by atoms with Crippen LogP contribution >= 0.6 is 35.0 Å². The van der Waals surface area contributed by atoms with Crippen LogP contribution in [0.1, 0.15) is 28.4 Å². The lowest BCUT2D eigenvalue weighted by atomic mass is 10.1. The maximum absolute atomic E-state index is 13.1. The molecule has 0 atom stereocenters. The van der Waals surface area contributed by atoms with Crippen molar-refractivity contribution in [1.82, 2.24) is 4.90 Å². The number of aromatic carboxylic acids is 1. The van der Waals surface area contributed by atoms with E-state index < -0.39 is 5.97 Å². The number of hydrogen-bond acceptors (Lipinski definition) is 5. The van der Waals surface area contributed by atoms with Crippen LogP contribution in [0, 0.1) is 0 Å². The lowest BCUT2D eigenvalue weighted by Crippen LogP contribution is -2.28. The summed E-state index contributed by atoms with van der Waals surface area (Å²) in [6.45, 7) is 2.57. The summed E-state index contributed by atoms with van der Waals surface area (Å²) < 4.78 is 6.01. The molecule has 4 rings (SSSR count). The van der Waals surface area contributed by atoms with E-state index in [0.29, 0.717) is 38.1 Å². The van der Waals surface area contributed by atoms with Crippen LogP contribution in [-0.4, -0.2) is 33.6 Å². The van der Waals surface area contributed by atoms with Crippen molar-refractivity contribution in [3.63, 3.8) is 0 Å². The smallest absolute Gasteiger partial charge is 0.335 e. The van der Waals surface area contributed by atoms with Crippen molar-refractivity contribution >= 4 is 63.8 Å². The number of rotatable bonds is 7. The van der Waals surface area contributed by atoms with E-state index in [9.17, 15) is 9.59 Å². The third-order valence-electron chi connectivity index (χ3n) is 5.15. The minimum absolute atomic E-state index is 0.158. The van der Waals surface area contributed by atoms with Crippen molar-refractivity contribution < 1.29 is 19.4 Å². The number of benzene rings is 3. The first-order valence-electron chi connectivity index (χ1n) is 10.6. The second-order valence-corrected chi connectivity index (χ2v) is 9.32. The highest BCUT2D eigenvalue weighted by molar-refractivity contribution is 8.18. The quantitative estimate of drug-likeness (QED) is 0.339. The Hall–Kier alpha value is -3.26. The number of para-hydroxylation sites is 1. The van der Waals surface area contributed by atoms with E-state index >= 15 is 0 Å². The molecule has 1 aliphatic rings. The van der Waals surface area contributed by atoms with E-state index in [4.69, 9.17) is 33.0 Å². The number of carboxylic acids is 1. The van der Waals surface area contributed by atoms with Crippen LogP contribution in [0.3, 0.4) is 0 Å². The number of carbonyl (C=O) groups excluding carboxylic acids is 1. The Bertz CT molecular complexity index is 1340. The number of likely N-dealkylation sites (N-methyl/N-ethyl adjacent to an activating group) is 1. The zero-order valence-electron chi connectivity index (χ0n) is 18.6. The summed E-state index contributed by atoms with van der Waals surface area (Å²) in [5, 5.41) is 10.7. The molecule has 178 valence electrons. The monoisotopic (exact) mass is 526 g/mol. The fourth-order valence-corrected chi connectivity index (χ4v) is 4.84. The second kappa shape index (κ2) is 11.0. The molecule has 0 spiro atoms. The van der Waals surface area contributed by atoms with Gasteiger partial charge in [-0.2, -0.15) is 0 Å². The van der Waals surface area contributed by atoms with Gasteiger partial charge in [0.2, 0.25) is 0 Å². The van der Waals surface area contributed by atoms with Crippen molar-refractivity contribution in [2.24, 2.45) is 4.99 Å². The molecule has 0 aliphatic carbocycles. The predicted molar refractivity (Wildman–Crippen MR) is 141 cm³/mol. The highest BCUT2D eigenvalue weighted by Gasteiger charge is 2.32. The van der Waals surface area contributed by atoms with Crippen LogP contribution in [0.5, 0.6) is 5.75 Å². The minimum Gasteiger partial charge on any atom is -0.488 e. The number of nitrogens with zero attached hydrogens (tertiary/aromatic N) is 2. The number of halogens is 2. The van der Waals surface area contributed by atoms with E-state index in [2.05, 4.69) is 4.99 Å². The molecule has 1 aliphatic heterocycles. The molecule has 0 unspecified atom stereocenters. The summed E-state index contributed by atoms with van der Waals surface area (Å²) in [6, 6.07) is 18.9. The van der Waals surface area contributed by atoms with Crippen molar-refractivity contribution in [1.29, 1.82) is 0 Å². The van der Waals surface area contributed by atoms with Crippen molar-refractivity contribution in [2.45, 2.75) is 13.5 Å². The number of hydrogen-bond donors (Lipinski definition) is 1. The highest BCUT2D eigenvalue weighted by atomic mass is 35.5. The number of aliphatic imine (C=N–C) groups is 1. The molecule has 1 N–H and O–H groups in total. The molecule has 6 nitrogen and oxygen atoms in total. The van der Waals surface area contributed by atoms with Gasteiger partial charge in [-0.3, -0.25) is 9.69 Å². The Morgan fingerprint density at radius 3 is 2.54 bits per heavy atom. The average molecular weight is 527 g/mol. The molecule has 3 aromatic rings. The van der Waals surface area contributed by atoms with Gasteiger partial charge in [-0.1, -0.05) is 47.5 Å². The van der Waals surface area contributed by atoms with Crippen LogP contribution in [0.15, 0.2) is 76.6 Å². The molecule has 3 aromatic carbocycles. The number of carbonyl (C=O) groups is 2. The predicted octanol–water partition coefficient (Wildman–Crippen LogP) is 6.89. The maximum Gasteiger partial charge on any atom is 0.335 e. The maximum atomic E-state index is 13.1. The van der Waals surface area contributed by atoms with Crippen LogP contribution in [0.25, 0.3) is 6.08 Å². The molecule has 0 aromatic heterocycles. The van der Waals surface area contributed by atoms with Gasteiger partial charge in [0, 0.05) is 27.7 Å². The largest absolute Gasteiger partial charge is 0.488 e. The third-order valence-corrected chi connectivity index (χ3v) is 6.74. The summed E-state index contributed by atoms with van der Waals surface area (Å²) in [6.07, 6.45) is 1.78. The summed E-state index contributed by atoms with van der Waals surface area (Å²) in [5.41, 5.74) is 2.28. The van der Waals surface area contributed by atoms with Gasteiger partial charge in [0.1, 0.15) is 12.4 Å². The number of thioether (sulfide) groups is 1. The Balaban J connectivity index is 1.57. The molecular weight excluding hydrogens is 507 g/mol. The summed E-state index contributed by atoms with van der Waals surface area (Å²) in [7, 11) is 0. The highest BCUT2D eigenvalue weighted by Crippen LogP contribution is 2.35. The Morgan fingerprint density at radius 1 is 1.11 bits per heavy atom. The van der Waals surface area contributed by atoms with Crippen LogP contribution in [0.4, 0.5) is 5.69 Å². The van der Waals surface area contributed by atoms with Crippen molar-refractivity contribution in [3.8, 4) is 5.75 Å². The lowest BCUT2D eigenvalue weighted by Gasteiger charge is -2.12. The van der Waals surface area contributed by atoms with Gasteiger partial charge in [0.05, 0.1) is 16.2 Å². The first-order valence-corrected chi connectivity index (χ1v) is 12.2. The number of carboxylic acid groups (broad SMARTS) is 1. The van der Waals surface area contributed by atoms with Gasteiger partial charge >= 0.3 is 5.97 Å². The van der Waals surface area contributed by atoms with Gasteiger partial charge < -0.3 is 9.84 Å². The van der Waals surface area contributed by atoms with Gasteiger partial charge in [-0.25, -0.2) is 9.79 Å². The fraction of sp³-hybridized carbons (Fsp3) is 0.115. The van der Waals surface area contributed by atoms with Crippen LogP contribution in [0.2, 0.25) is 10.0 Å². The molecule has 0 saturated carbocycles. The van der Waals surface area contributed by atoms with E-state index in [-0.39, 0.29) is 18.1 Å². The normalized spacial score (nSPS) is 15.7. The summed E-state index contributed by atoms with van der Waals surface area (Å²) in [4.78, 5) is 30.8. The second-order valence-electron chi connectivity index (χ2n) is 7.47. The standard InChI is InChI=1S/C26H20Cl2N2O4S/c1-2-30-24(31)23(35-26(30)29-20-11-8-16(9-12-20)25(32)33)13-17-5-3-4-6-22(17)34-15-18-7-10-19(27)14-21(18)28/h3-14H,2,15H2,1H3,(H,32,33). The third kappa shape index (κ3) is 5.88.